The summed E-state index contributed by atoms with van der Waals surface area (Å²) in [6.07, 6.45) is 1.05. The van der Waals surface area contributed by atoms with Crippen molar-refractivity contribution in [2.45, 2.75) is 25.3 Å². The number of ether oxygens (including phenoxy) is 2. The Bertz CT molecular complexity index is 1270. The highest BCUT2D eigenvalue weighted by molar-refractivity contribution is 7.90. The minimum Gasteiger partial charge on any atom is -0.493 e. The molecule has 0 N–H and O–H groups in total. The molecule has 32 heavy (non-hydrogen) atoms. The number of benzene rings is 3. The van der Waals surface area contributed by atoms with Gasteiger partial charge in [0.05, 0.1) is 16.9 Å². The van der Waals surface area contributed by atoms with Crippen LogP contribution in [0.2, 0.25) is 0 Å². The highest BCUT2D eigenvalue weighted by Crippen LogP contribution is 2.38. The zero-order chi connectivity index (χ0) is 23.3. The predicted molar refractivity (Wildman–Crippen MR) is 121 cm³/mol. The zero-order valence-electron chi connectivity index (χ0n) is 17.8. The van der Waals surface area contributed by atoms with E-state index in [-0.39, 0.29) is 34.3 Å². The van der Waals surface area contributed by atoms with Crippen molar-refractivity contribution < 1.29 is 22.8 Å². The van der Waals surface area contributed by atoms with Gasteiger partial charge in [-0.1, -0.05) is 47.5 Å². The molecule has 0 saturated carbocycles. The first-order chi connectivity index (χ1) is 15.2. The molecule has 0 atom stereocenters. The number of nitrogens with zero attached hydrogens (tertiary/aromatic N) is 2. The molecule has 3 aromatic carbocycles. The minimum atomic E-state index is -3.96. The summed E-state index contributed by atoms with van der Waals surface area (Å²) in [7, 11) is -2.61. The van der Waals surface area contributed by atoms with Crippen LogP contribution in [-0.2, 0) is 16.6 Å². The fourth-order valence-corrected chi connectivity index (χ4v) is 3.84. The Labute approximate surface area is 186 Å². The van der Waals surface area contributed by atoms with Crippen LogP contribution in [0.3, 0.4) is 0 Å². The van der Waals surface area contributed by atoms with E-state index in [0.717, 1.165) is 22.9 Å². The summed E-state index contributed by atoms with van der Waals surface area (Å²) in [4.78, 5) is 11.1. The molecule has 0 aromatic heterocycles. The first kappa shape index (κ1) is 23.0. The van der Waals surface area contributed by atoms with Crippen LogP contribution in [0.5, 0.6) is 11.5 Å². The van der Waals surface area contributed by atoms with Gasteiger partial charge in [0.1, 0.15) is 6.61 Å². The number of sulfonamides is 1. The first-order valence-electron chi connectivity index (χ1n) is 9.61. The summed E-state index contributed by atoms with van der Waals surface area (Å²) in [5.74, 6) is 0.0542. The Morgan fingerprint density at radius 1 is 1.03 bits per heavy atom. The van der Waals surface area contributed by atoms with Gasteiger partial charge < -0.3 is 9.47 Å². The lowest BCUT2D eigenvalue weighted by atomic mass is 10.1. The summed E-state index contributed by atoms with van der Waals surface area (Å²) in [6, 6.07) is 16.4. The fraction of sp³-hybridized carbons (Fsp3) is 0.174. The molecule has 9 heteroatoms. The maximum absolute atomic E-state index is 12.5. The van der Waals surface area contributed by atoms with E-state index < -0.39 is 14.9 Å². The maximum Gasteiger partial charge on any atom is 0.315 e. The number of aryl methyl sites for hydroxylation is 2. The lowest BCUT2D eigenvalue weighted by Crippen LogP contribution is -2.03. The molecule has 0 fully saturated rings. The molecule has 8 nitrogen and oxygen atoms in total. The molecule has 0 aliphatic rings. The van der Waals surface area contributed by atoms with Gasteiger partial charge in [0.2, 0.25) is 5.75 Å². The van der Waals surface area contributed by atoms with E-state index in [1.54, 1.807) is 12.1 Å². The van der Waals surface area contributed by atoms with Gasteiger partial charge >= 0.3 is 5.69 Å². The molecule has 0 saturated heterocycles. The van der Waals surface area contributed by atoms with Gasteiger partial charge in [0, 0.05) is 17.8 Å². The number of rotatable bonds is 8. The first-order valence-corrected chi connectivity index (χ1v) is 11.1. The van der Waals surface area contributed by atoms with E-state index in [0.29, 0.717) is 0 Å². The molecule has 0 unspecified atom stereocenters. The molecule has 0 aliphatic heterocycles. The van der Waals surface area contributed by atoms with Crippen LogP contribution in [0.1, 0.15) is 22.3 Å². The maximum atomic E-state index is 12.5. The van der Waals surface area contributed by atoms with Crippen LogP contribution in [0.15, 0.2) is 70.0 Å². The molecule has 0 amide bonds. The van der Waals surface area contributed by atoms with Gasteiger partial charge in [-0.15, -0.1) is 0 Å². The van der Waals surface area contributed by atoms with Gasteiger partial charge in [0.15, 0.2) is 5.75 Å². The number of hydrogen-bond acceptors (Lipinski definition) is 6. The lowest BCUT2D eigenvalue weighted by Gasteiger charge is -2.12. The highest BCUT2D eigenvalue weighted by Gasteiger charge is 2.22. The van der Waals surface area contributed by atoms with E-state index in [1.165, 1.54) is 31.4 Å². The van der Waals surface area contributed by atoms with E-state index in [9.17, 15) is 18.5 Å². The quantitative estimate of drug-likeness (QED) is 0.279. The van der Waals surface area contributed by atoms with Gasteiger partial charge in [-0.25, -0.2) is 0 Å². The Kier molecular flexibility index (Phi) is 6.89. The number of nitro groups is 1. The van der Waals surface area contributed by atoms with Gasteiger partial charge in [-0.05, 0) is 37.6 Å². The fourth-order valence-electron chi connectivity index (χ4n) is 2.97. The Balaban J connectivity index is 1.93. The number of nitro benzene ring substituents is 1. The van der Waals surface area contributed by atoms with E-state index in [4.69, 9.17) is 9.47 Å². The van der Waals surface area contributed by atoms with Crippen molar-refractivity contribution in [1.82, 2.24) is 0 Å². The molecule has 3 aromatic rings. The number of hydrogen-bond donors (Lipinski definition) is 0. The normalized spacial score (nSPS) is 11.5. The Morgan fingerprint density at radius 3 is 2.38 bits per heavy atom. The SMILES string of the molecule is COc1cc(/C=N\S(=O)(=O)c2ccc(C)cc2)cc([N+](=O)[O-])c1OCc1cccc(C)c1. The second kappa shape index (κ2) is 9.61. The van der Waals surface area contributed by atoms with Crippen molar-refractivity contribution >= 4 is 21.9 Å². The molecular weight excluding hydrogens is 432 g/mol. The van der Waals surface area contributed by atoms with Crippen molar-refractivity contribution in [3.05, 3.63) is 93.0 Å². The molecule has 0 spiro atoms. The van der Waals surface area contributed by atoms with Crippen LogP contribution in [0.25, 0.3) is 0 Å². The third kappa shape index (κ3) is 5.50. The zero-order valence-corrected chi connectivity index (χ0v) is 18.6. The predicted octanol–water partition coefficient (Wildman–Crippen LogP) is 4.61. The Hall–Kier alpha value is -3.72. The van der Waals surface area contributed by atoms with E-state index >= 15 is 0 Å². The molecule has 166 valence electrons. The van der Waals surface area contributed by atoms with Crippen molar-refractivity contribution in [2.24, 2.45) is 4.40 Å². The summed E-state index contributed by atoms with van der Waals surface area (Å²) in [5.41, 5.74) is 2.62. The van der Waals surface area contributed by atoms with Crippen LogP contribution in [0, 0.1) is 24.0 Å². The third-order valence-corrected chi connectivity index (χ3v) is 5.85. The van der Waals surface area contributed by atoms with Crippen molar-refractivity contribution in [1.29, 1.82) is 0 Å². The highest BCUT2D eigenvalue weighted by atomic mass is 32.2. The number of methoxy groups -OCH3 is 1. The van der Waals surface area contributed by atoms with Crippen LogP contribution < -0.4 is 9.47 Å². The van der Waals surface area contributed by atoms with Crippen LogP contribution in [0.4, 0.5) is 5.69 Å². The van der Waals surface area contributed by atoms with Crippen molar-refractivity contribution in [3.8, 4) is 11.5 Å². The monoisotopic (exact) mass is 454 g/mol. The van der Waals surface area contributed by atoms with Gasteiger partial charge in [-0.2, -0.15) is 12.8 Å². The van der Waals surface area contributed by atoms with Gasteiger partial charge in [0.25, 0.3) is 10.0 Å². The summed E-state index contributed by atoms with van der Waals surface area (Å²) in [6.45, 7) is 3.88. The second-order valence-electron chi connectivity index (χ2n) is 7.13. The largest absolute Gasteiger partial charge is 0.493 e. The topological polar surface area (TPSA) is 108 Å². The molecule has 0 bridgehead atoms. The van der Waals surface area contributed by atoms with Crippen LogP contribution in [-0.4, -0.2) is 26.7 Å². The smallest absolute Gasteiger partial charge is 0.315 e. The molecule has 0 heterocycles. The third-order valence-electron chi connectivity index (χ3n) is 4.60. The van der Waals surface area contributed by atoms with Gasteiger partial charge in [-0.3, -0.25) is 10.1 Å². The summed E-state index contributed by atoms with van der Waals surface area (Å²) in [5, 5.41) is 11.7. The molecule has 0 radical (unpaired) electrons. The van der Waals surface area contributed by atoms with Crippen LogP contribution >= 0.6 is 0 Å². The minimum absolute atomic E-state index is 0.0268. The lowest BCUT2D eigenvalue weighted by molar-refractivity contribution is -0.386. The molecular formula is C23H22N2O6S. The summed E-state index contributed by atoms with van der Waals surface area (Å²) >= 11 is 0. The molecule has 0 aliphatic carbocycles. The summed E-state index contributed by atoms with van der Waals surface area (Å²) < 4.78 is 39.6. The second-order valence-corrected chi connectivity index (χ2v) is 8.76. The average molecular weight is 455 g/mol. The van der Waals surface area contributed by atoms with E-state index in [1.807, 2.05) is 38.1 Å². The molecule has 3 rings (SSSR count). The average Bonchev–Trinajstić information content (AvgIpc) is 2.76. The van der Waals surface area contributed by atoms with Crippen molar-refractivity contribution in [3.63, 3.8) is 0 Å². The Morgan fingerprint density at radius 2 is 1.75 bits per heavy atom. The standard InChI is InChI=1S/C23H22N2O6S/c1-16-7-9-20(10-8-16)32(28,29)24-14-19-12-21(25(26)27)23(22(13-19)30-3)31-15-18-6-4-5-17(2)11-18/h4-14H,15H2,1-3H3/b24-14-. The van der Waals surface area contributed by atoms with Crippen molar-refractivity contribution in [2.75, 3.05) is 7.11 Å². The van der Waals surface area contributed by atoms with E-state index in [2.05, 4.69) is 4.40 Å².